The minimum Gasteiger partial charge on any atom is -0.310 e. The van der Waals surface area contributed by atoms with Crippen molar-refractivity contribution in [1.29, 1.82) is 0 Å². The van der Waals surface area contributed by atoms with Gasteiger partial charge in [0.1, 0.15) is 10.8 Å². The van der Waals surface area contributed by atoms with E-state index in [4.69, 9.17) is 0 Å². The van der Waals surface area contributed by atoms with Crippen LogP contribution in [0, 0.1) is 5.82 Å². The minimum atomic E-state index is -0.346. The molecule has 2 aromatic carbocycles. The van der Waals surface area contributed by atoms with Crippen LogP contribution in [0.4, 0.5) is 14.9 Å². The highest BCUT2D eigenvalue weighted by Gasteiger charge is 2.36. The van der Waals surface area contributed by atoms with Crippen LogP contribution in [-0.4, -0.2) is 15.5 Å². The molecule has 6 rings (SSSR count). The Morgan fingerprint density at radius 3 is 2.68 bits per heavy atom. The molecule has 0 radical (unpaired) electrons. The third-order valence-corrected chi connectivity index (χ3v) is 8.53. The van der Waals surface area contributed by atoms with Crippen LogP contribution in [0.2, 0.25) is 0 Å². The molecule has 0 saturated carbocycles. The molecular weight excluding hydrogens is 513 g/mol. The number of nitrogens with one attached hydrogen (secondary N) is 1. The van der Waals surface area contributed by atoms with Gasteiger partial charge in [-0.3, -0.25) is 0 Å². The summed E-state index contributed by atoms with van der Waals surface area (Å²) < 4.78 is 16.9. The number of carbonyl (C=O) groups is 1. The van der Waals surface area contributed by atoms with E-state index in [-0.39, 0.29) is 17.9 Å². The number of nitrogens with zero attached hydrogens (tertiary/aromatic N) is 2. The van der Waals surface area contributed by atoms with E-state index in [9.17, 15) is 9.18 Å². The number of aryl methyl sites for hydroxylation is 1. The van der Waals surface area contributed by atoms with Gasteiger partial charge in [0.15, 0.2) is 0 Å². The molecule has 172 valence electrons. The van der Waals surface area contributed by atoms with Gasteiger partial charge in [0.05, 0.1) is 18.3 Å². The second-order valence-corrected chi connectivity index (χ2v) is 10.8. The molecule has 4 nitrogen and oxygen atoms in total. The van der Waals surface area contributed by atoms with Crippen molar-refractivity contribution < 1.29 is 9.18 Å². The zero-order valence-electron chi connectivity index (χ0n) is 18.4. The van der Waals surface area contributed by atoms with Gasteiger partial charge in [0.2, 0.25) is 0 Å². The molecule has 1 unspecified atom stereocenters. The Morgan fingerprint density at radius 1 is 1.03 bits per heavy atom. The first-order valence-corrected chi connectivity index (χ1v) is 13.1. The summed E-state index contributed by atoms with van der Waals surface area (Å²) in [5, 5.41) is 4.30. The quantitative estimate of drug-likeness (QED) is 0.284. The molecular formula is C27H23BrFN3OS. The average molecular weight is 536 g/mol. The molecule has 7 heteroatoms. The van der Waals surface area contributed by atoms with Gasteiger partial charge in [-0.2, -0.15) is 0 Å². The largest absolute Gasteiger partial charge is 0.322 e. The van der Waals surface area contributed by atoms with E-state index in [1.165, 1.54) is 46.0 Å². The first-order valence-electron chi connectivity index (χ1n) is 11.5. The SMILES string of the molecule is O=C(Nc1cccc(Br)c1)N1Cc2c(sc3c2CCCC3)-n2cccc2C1c1ccc(F)cc1. The molecule has 34 heavy (non-hydrogen) atoms. The van der Waals surface area contributed by atoms with Crippen LogP contribution in [0.5, 0.6) is 0 Å². The normalized spacial score (nSPS) is 16.9. The molecule has 0 spiro atoms. The van der Waals surface area contributed by atoms with E-state index >= 15 is 0 Å². The van der Waals surface area contributed by atoms with E-state index < -0.39 is 0 Å². The summed E-state index contributed by atoms with van der Waals surface area (Å²) in [4.78, 5) is 17.2. The Morgan fingerprint density at radius 2 is 1.85 bits per heavy atom. The maximum atomic E-state index is 13.8. The molecule has 2 aromatic heterocycles. The number of carbonyl (C=O) groups excluding carboxylic acids is 1. The topological polar surface area (TPSA) is 37.3 Å². The number of hydrogen-bond donors (Lipinski definition) is 1. The summed E-state index contributed by atoms with van der Waals surface area (Å²) in [5.74, 6) is -0.286. The monoisotopic (exact) mass is 535 g/mol. The molecule has 1 atom stereocenters. The van der Waals surface area contributed by atoms with Crippen LogP contribution in [0.25, 0.3) is 5.00 Å². The summed E-state index contributed by atoms with van der Waals surface area (Å²) in [7, 11) is 0. The van der Waals surface area contributed by atoms with Crippen molar-refractivity contribution in [3.8, 4) is 5.00 Å². The summed E-state index contributed by atoms with van der Waals surface area (Å²) >= 11 is 5.34. The van der Waals surface area contributed by atoms with Crippen molar-refractivity contribution in [2.24, 2.45) is 0 Å². The third-order valence-electron chi connectivity index (χ3n) is 6.70. The van der Waals surface area contributed by atoms with Gasteiger partial charge in [-0.25, -0.2) is 9.18 Å². The molecule has 1 aliphatic carbocycles. The fourth-order valence-electron chi connectivity index (χ4n) is 5.14. The highest BCUT2D eigenvalue weighted by molar-refractivity contribution is 9.10. The van der Waals surface area contributed by atoms with Crippen molar-refractivity contribution in [3.63, 3.8) is 0 Å². The van der Waals surface area contributed by atoms with Crippen molar-refractivity contribution in [3.05, 3.63) is 104 Å². The minimum absolute atomic E-state index is 0.177. The lowest BCUT2D eigenvalue weighted by Crippen LogP contribution is -2.38. The molecule has 1 N–H and O–H groups in total. The molecule has 0 bridgehead atoms. The predicted octanol–water partition coefficient (Wildman–Crippen LogP) is 7.46. The molecule has 0 fully saturated rings. The maximum Gasteiger partial charge on any atom is 0.322 e. The number of benzene rings is 2. The Kier molecular flexibility index (Phi) is 5.54. The molecule has 1 aliphatic heterocycles. The number of aromatic nitrogens is 1. The molecule has 2 amide bonds. The van der Waals surface area contributed by atoms with E-state index in [0.717, 1.165) is 34.3 Å². The van der Waals surface area contributed by atoms with Crippen molar-refractivity contribution in [2.45, 2.75) is 38.3 Å². The van der Waals surface area contributed by atoms with E-state index in [2.05, 4.69) is 38.1 Å². The fraction of sp³-hybridized carbons (Fsp3) is 0.222. The highest BCUT2D eigenvalue weighted by atomic mass is 79.9. The van der Waals surface area contributed by atoms with Crippen LogP contribution >= 0.6 is 27.3 Å². The number of hydrogen-bond acceptors (Lipinski definition) is 2. The predicted molar refractivity (Wildman–Crippen MR) is 137 cm³/mol. The fourth-order valence-corrected chi connectivity index (χ4v) is 6.95. The van der Waals surface area contributed by atoms with Gasteiger partial charge in [-0.05, 0) is 79.3 Å². The number of anilines is 1. The van der Waals surface area contributed by atoms with Crippen LogP contribution in [-0.2, 0) is 19.4 Å². The van der Waals surface area contributed by atoms with Crippen LogP contribution in [0.3, 0.4) is 0 Å². The number of rotatable bonds is 2. The van der Waals surface area contributed by atoms with E-state index in [1.54, 1.807) is 12.1 Å². The van der Waals surface area contributed by atoms with Gasteiger partial charge in [0, 0.05) is 26.8 Å². The Balaban J connectivity index is 1.50. The summed E-state index contributed by atoms with van der Waals surface area (Å²) in [6.07, 6.45) is 6.65. The lowest BCUT2D eigenvalue weighted by atomic mass is 9.95. The van der Waals surface area contributed by atoms with Crippen molar-refractivity contribution >= 4 is 39.0 Å². The zero-order valence-corrected chi connectivity index (χ0v) is 20.8. The van der Waals surface area contributed by atoms with Gasteiger partial charge in [-0.15, -0.1) is 11.3 Å². The van der Waals surface area contributed by atoms with Gasteiger partial charge >= 0.3 is 6.03 Å². The Hall–Kier alpha value is -2.90. The van der Waals surface area contributed by atoms with Crippen molar-refractivity contribution in [1.82, 2.24) is 9.47 Å². The highest BCUT2D eigenvalue weighted by Crippen LogP contribution is 2.44. The molecule has 0 saturated heterocycles. The lowest BCUT2D eigenvalue weighted by molar-refractivity contribution is 0.194. The smallest absolute Gasteiger partial charge is 0.310 e. The summed E-state index contributed by atoms with van der Waals surface area (Å²) in [6, 6.07) is 17.7. The van der Waals surface area contributed by atoms with E-state index in [0.29, 0.717) is 6.54 Å². The maximum absolute atomic E-state index is 13.8. The van der Waals surface area contributed by atoms with Crippen LogP contribution < -0.4 is 5.32 Å². The first kappa shape index (κ1) is 21.6. The number of thiophene rings is 1. The Bertz CT molecular complexity index is 1380. The second kappa shape index (κ2) is 8.71. The summed E-state index contributed by atoms with van der Waals surface area (Å²) in [5.41, 5.74) is 5.27. The first-order chi connectivity index (χ1) is 16.6. The lowest BCUT2D eigenvalue weighted by Gasteiger charge is -2.31. The van der Waals surface area contributed by atoms with Crippen molar-refractivity contribution in [2.75, 3.05) is 5.32 Å². The molecule has 3 heterocycles. The molecule has 2 aliphatic rings. The number of halogens is 2. The number of urea groups is 1. The van der Waals surface area contributed by atoms with Gasteiger partial charge < -0.3 is 14.8 Å². The van der Waals surface area contributed by atoms with Crippen LogP contribution in [0.1, 0.15) is 46.1 Å². The third kappa shape index (κ3) is 3.77. The average Bonchev–Trinajstić information content (AvgIpc) is 3.42. The van der Waals surface area contributed by atoms with Gasteiger partial charge in [0.25, 0.3) is 0 Å². The van der Waals surface area contributed by atoms with Gasteiger partial charge in [-0.1, -0.05) is 34.1 Å². The number of fused-ring (bicyclic) bond motifs is 5. The summed E-state index contributed by atoms with van der Waals surface area (Å²) in [6.45, 7) is 0.505. The van der Waals surface area contributed by atoms with Crippen LogP contribution in [0.15, 0.2) is 71.3 Å². The van der Waals surface area contributed by atoms with E-state index in [1.807, 2.05) is 46.6 Å². The number of amides is 2. The standard InChI is InChI=1S/C27H23BrFN3OS/c28-18-5-3-6-20(15-18)30-27(33)32-16-22-21-7-1-2-9-24(21)34-26(22)31-14-4-8-23(31)25(32)17-10-12-19(29)13-11-17/h3-6,8,10-15,25H,1-2,7,9,16H2,(H,30,33). The Labute approximate surface area is 210 Å². The second-order valence-electron chi connectivity index (χ2n) is 8.82. The zero-order chi connectivity index (χ0) is 23.2. The molecule has 4 aromatic rings.